The van der Waals surface area contributed by atoms with Gasteiger partial charge in [-0.15, -0.1) is 0 Å². The van der Waals surface area contributed by atoms with Crippen LogP contribution in [0.15, 0.2) is 12.3 Å². The van der Waals surface area contributed by atoms with Crippen molar-refractivity contribution in [2.75, 3.05) is 17.1 Å². The van der Waals surface area contributed by atoms with E-state index in [-0.39, 0.29) is 0 Å². The number of anilines is 1. The minimum atomic E-state index is -3.19. The highest BCUT2D eigenvalue weighted by molar-refractivity contribution is 7.92. The molecular weight excluding hydrogens is 224 g/mol. The van der Waals surface area contributed by atoms with Crippen LogP contribution in [0.3, 0.4) is 0 Å². The first-order valence-corrected chi connectivity index (χ1v) is 6.34. The van der Waals surface area contributed by atoms with Gasteiger partial charge in [0.25, 0.3) is 0 Å². The zero-order chi connectivity index (χ0) is 10.3. The van der Waals surface area contributed by atoms with Crippen LogP contribution in [-0.2, 0) is 16.4 Å². The predicted octanol–water partition coefficient (Wildman–Crippen LogP) is 1.06. The second-order valence-electron chi connectivity index (χ2n) is 3.18. The number of rotatable bonds is 1. The molecule has 4 nitrogen and oxygen atoms in total. The molecule has 2 rings (SSSR count). The van der Waals surface area contributed by atoms with E-state index < -0.39 is 10.0 Å². The molecule has 1 aromatic heterocycles. The van der Waals surface area contributed by atoms with Crippen LogP contribution in [0.25, 0.3) is 0 Å². The molecule has 0 amide bonds. The summed E-state index contributed by atoms with van der Waals surface area (Å²) >= 11 is 5.85. The molecule has 0 bridgehead atoms. The van der Waals surface area contributed by atoms with Crippen molar-refractivity contribution < 1.29 is 8.42 Å². The van der Waals surface area contributed by atoms with Gasteiger partial charge in [0.2, 0.25) is 10.0 Å². The number of hydrogen-bond acceptors (Lipinski definition) is 3. The van der Waals surface area contributed by atoms with Gasteiger partial charge in [-0.05, 0) is 12.5 Å². The monoisotopic (exact) mass is 232 g/mol. The molecule has 76 valence electrons. The number of pyridine rings is 1. The van der Waals surface area contributed by atoms with Crippen LogP contribution in [-0.4, -0.2) is 26.2 Å². The Morgan fingerprint density at radius 2 is 2.29 bits per heavy atom. The van der Waals surface area contributed by atoms with Crippen molar-refractivity contribution in [3.63, 3.8) is 0 Å². The lowest BCUT2D eigenvalue weighted by atomic mass is 10.2. The van der Waals surface area contributed by atoms with Crippen LogP contribution in [0.2, 0.25) is 5.15 Å². The Labute approximate surface area is 87.6 Å². The van der Waals surface area contributed by atoms with E-state index in [4.69, 9.17) is 11.6 Å². The highest BCUT2D eigenvalue weighted by atomic mass is 35.5. The summed E-state index contributed by atoms with van der Waals surface area (Å²) in [4.78, 5) is 3.91. The average Bonchev–Trinajstić information content (AvgIpc) is 2.47. The Hall–Kier alpha value is -0.810. The van der Waals surface area contributed by atoms with Crippen molar-refractivity contribution in [3.05, 3.63) is 23.0 Å². The Morgan fingerprint density at radius 1 is 1.57 bits per heavy atom. The minimum absolute atomic E-state index is 0.397. The Kier molecular flexibility index (Phi) is 2.16. The summed E-state index contributed by atoms with van der Waals surface area (Å²) in [5, 5.41) is 0.397. The standard InChI is InChI=1S/C8H9ClN2O2S/c1-14(12,13)11-5-3-6-7(11)2-4-10-8(6)9/h2,4H,3,5H2,1H3. The van der Waals surface area contributed by atoms with E-state index >= 15 is 0 Å². The zero-order valence-electron chi connectivity index (χ0n) is 7.57. The molecule has 0 saturated heterocycles. The molecular formula is C8H9ClN2O2S. The molecule has 14 heavy (non-hydrogen) atoms. The van der Waals surface area contributed by atoms with Crippen molar-refractivity contribution in [1.82, 2.24) is 4.98 Å². The summed E-state index contributed by atoms with van der Waals surface area (Å²) in [6, 6.07) is 1.68. The normalized spacial score (nSPS) is 15.7. The third-order valence-corrected chi connectivity index (χ3v) is 3.72. The van der Waals surface area contributed by atoms with Crippen LogP contribution in [0.1, 0.15) is 5.56 Å². The van der Waals surface area contributed by atoms with E-state index in [0.717, 1.165) is 5.56 Å². The fourth-order valence-electron chi connectivity index (χ4n) is 1.60. The van der Waals surface area contributed by atoms with Crippen molar-refractivity contribution >= 4 is 27.3 Å². The van der Waals surface area contributed by atoms with E-state index in [1.54, 1.807) is 6.07 Å². The Bertz CT molecular complexity index is 472. The summed E-state index contributed by atoms with van der Waals surface area (Å²) in [5.41, 5.74) is 1.48. The fourth-order valence-corrected chi connectivity index (χ4v) is 2.80. The maximum Gasteiger partial charge on any atom is 0.232 e. The lowest BCUT2D eigenvalue weighted by molar-refractivity contribution is 0.598. The molecule has 0 N–H and O–H groups in total. The van der Waals surface area contributed by atoms with Gasteiger partial charge in [-0.2, -0.15) is 0 Å². The van der Waals surface area contributed by atoms with E-state index in [9.17, 15) is 8.42 Å². The third kappa shape index (κ3) is 1.46. The van der Waals surface area contributed by atoms with Gasteiger partial charge < -0.3 is 0 Å². The van der Waals surface area contributed by atoms with Crippen molar-refractivity contribution in [2.24, 2.45) is 0 Å². The molecule has 0 aliphatic carbocycles. The van der Waals surface area contributed by atoms with Crippen LogP contribution >= 0.6 is 11.6 Å². The molecule has 0 saturated carbocycles. The van der Waals surface area contributed by atoms with Crippen LogP contribution in [0.4, 0.5) is 5.69 Å². The van der Waals surface area contributed by atoms with Crippen molar-refractivity contribution in [1.29, 1.82) is 0 Å². The zero-order valence-corrected chi connectivity index (χ0v) is 9.14. The smallest absolute Gasteiger partial charge is 0.232 e. The molecule has 1 aromatic rings. The van der Waals surface area contributed by atoms with Crippen LogP contribution in [0, 0.1) is 0 Å². The molecule has 0 radical (unpaired) electrons. The fraction of sp³-hybridized carbons (Fsp3) is 0.375. The van der Waals surface area contributed by atoms with Crippen LogP contribution < -0.4 is 4.31 Å². The lowest BCUT2D eigenvalue weighted by Crippen LogP contribution is -2.27. The molecule has 1 aliphatic rings. The number of halogens is 1. The second-order valence-corrected chi connectivity index (χ2v) is 5.45. The molecule has 2 heterocycles. The lowest BCUT2D eigenvalue weighted by Gasteiger charge is -2.15. The maximum absolute atomic E-state index is 11.4. The van der Waals surface area contributed by atoms with Gasteiger partial charge in [-0.3, -0.25) is 4.31 Å². The summed E-state index contributed by atoms with van der Waals surface area (Å²) in [6.45, 7) is 0.458. The topological polar surface area (TPSA) is 50.3 Å². The van der Waals surface area contributed by atoms with Gasteiger partial charge in [-0.25, -0.2) is 13.4 Å². The number of hydrogen-bond donors (Lipinski definition) is 0. The average molecular weight is 233 g/mol. The van der Waals surface area contributed by atoms with Gasteiger partial charge in [0.1, 0.15) is 5.15 Å². The summed E-state index contributed by atoms with van der Waals surface area (Å²) in [7, 11) is -3.19. The minimum Gasteiger partial charge on any atom is -0.270 e. The van der Waals surface area contributed by atoms with Gasteiger partial charge in [0.15, 0.2) is 0 Å². The molecule has 1 aliphatic heterocycles. The number of aromatic nitrogens is 1. The molecule has 0 spiro atoms. The predicted molar refractivity (Wildman–Crippen MR) is 55.1 cm³/mol. The largest absolute Gasteiger partial charge is 0.270 e. The summed E-state index contributed by atoms with van der Waals surface area (Å²) in [6.07, 6.45) is 3.34. The first-order chi connectivity index (χ1) is 6.50. The molecule has 0 aromatic carbocycles. The summed E-state index contributed by atoms with van der Waals surface area (Å²) in [5.74, 6) is 0. The van der Waals surface area contributed by atoms with E-state index in [1.165, 1.54) is 16.8 Å². The maximum atomic E-state index is 11.4. The van der Waals surface area contributed by atoms with Gasteiger partial charge in [0.05, 0.1) is 11.9 Å². The van der Waals surface area contributed by atoms with Gasteiger partial charge >= 0.3 is 0 Å². The number of fused-ring (bicyclic) bond motifs is 1. The SMILES string of the molecule is CS(=O)(=O)N1CCc2c1ccnc2Cl. The third-order valence-electron chi connectivity index (χ3n) is 2.21. The van der Waals surface area contributed by atoms with Crippen molar-refractivity contribution in [2.45, 2.75) is 6.42 Å². The van der Waals surface area contributed by atoms with Crippen LogP contribution in [0.5, 0.6) is 0 Å². The first kappa shape index (κ1) is 9.73. The highest BCUT2D eigenvalue weighted by Crippen LogP contribution is 2.33. The Morgan fingerprint density at radius 3 is 2.93 bits per heavy atom. The van der Waals surface area contributed by atoms with E-state index in [1.807, 2.05) is 0 Å². The quantitative estimate of drug-likeness (QED) is 0.681. The molecule has 0 unspecified atom stereocenters. The van der Waals surface area contributed by atoms with E-state index in [2.05, 4.69) is 4.98 Å². The van der Waals surface area contributed by atoms with Crippen molar-refractivity contribution in [3.8, 4) is 0 Å². The Balaban J connectivity index is 2.56. The molecule has 6 heteroatoms. The molecule has 0 fully saturated rings. The number of sulfonamides is 1. The molecule has 0 atom stereocenters. The highest BCUT2D eigenvalue weighted by Gasteiger charge is 2.27. The first-order valence-electron chi connectivity index (χ1n) is 4.11. The second kappa shape index (κ2) is 3.10. The van der Waals surface area contributed by atoms with E-state index in [0.29, 0.717) is 23.8 Å². The number of nitrogens with zero attached hydrogens (tertiary/aromatic N) is 2. The van der Waals surface area contributed by atoms with Gasteiger partial charge in [-0.1, -0.05) is 11.6 Å². The summed E-state index contributed by atoms with van der Waals surface area (Å²) < 4.78 is 24.1. The van der Waals surface area contributed by atoms with Gasteiger partial charge in [0, 0.05) is 18.3 Å².